The van der Waals surface area contributed by atoms with Gasteiger partial charge in [-0.1, -0.05) is 30.9 Å². The summed E-state index contributed by atoms with van der Waals surface area (Å²) in [5, 5.41) is 11.0. The second kappa shape index (κ2) is 5.98. The van der Waals surface area contributed by atoms with Crippen molar-refractivity contribution in [1.82, 2.24) is 0 Å². The highest BCUT2D eigenvalue weighted by molar-refractivity contribution is 8.00. The van der Waals surface area contributed by atoms with Crippen molar-refractivity contribution in [3.63, 3.8) is 0 Å². The van der Waals surface area contributed by atoms with E-state index in [0.717, 1.165) is 24.2 Å². The number of nitrogens with two attached hydrogens (primary N) is 1. The summed E-state index contributed by atoms with van der Waals surface area (Å²) in [5.41, 5.74) is 6.64. The van der Waals surface area contributed by atoms with Crippen LogP contribution in [-0.4, -0.2) is 16.5 Å². The fourth-order valence-electron chi connectivity index (χ4n) is 2.18. The van der Waals surface area contributed by atoms with E-state index in [-0.39, 0.29) is 11.4 Å². The highest BCUT2D eigenvalue weighted by atomic mass is 35.5. The van der Waals surface area contributed by atoms with Gasteiger partial charge in [-0.15, -0.1) is 11.8 Å². The smallest absolute Gasteiger partial charge is 0.0662 e. The number of aliphatic hydroxyl groups excluding tert-OH is 1. The van der Waals surface area contributed by atoms with Crippen molar-refractivity contribution < 1.29 is 5.11 Å². The number of nitrogen functional groups attached to an aromatic ring is 1. The third-order valence-corrected chi connectivity index (χ3v) is 4.88. The number of hydrogen-bond donors (Lipinski definition) is 2. The Balaban J connectivity index is 2.08. The molecule has 94 valence electrons. The lowest BCUT2D eigenvalue weighted by Gasteiger charge is -2.20. The largest absolute Gasteiger partial charge is 0.398 e. The highest BCUT2D eigenvalue weighted by Gasteiger charge is 2.23. The molecular weight excluding hydrogens is 254 g/mol. The quantitative estimate of drug-likeness (QED) is 0.637. The molecule has 17 heavy (non-hydrogen) atoms. The summed E-state index contributed by atoms with van der Waals surface area (Å²) in [6, 6.07) is 5.57. The van der Waals surface area contributed by atoms with Crippen LogP contribution in [0.3, 0.4) is 0 Å². The van der Waals surface area contributed by atoms with Crippen LogP contribution in [0, 0.1) is 0 Å². The molecule has 1 aliphatic carbocycles. The third kappa shape index (κ3) is 3.54. The molecule has 0 heterocycles. The number of rotatable bonds is 2. The second-order valence-electron chi connectivity index (χ2n) is 4.54. The minimum atomic E-state index is -0.211. The predicted molar refractivity (Wildman–Crippen MR) is 74.6 cm³/mol. The van der Waals surface area contributed by atoms with Crippen molar-refractivity contribution >= 4 is 29.1 Å². The number of aliphatic hydroxyl groups is 1. The molecule has 0 saturated heterocycles. The summed E-state index contributed by atoms with van der Waals surface area (Å²) < 4.78 is 0. The topological polar surface area (TPSA) is 46.2 Å². The first-order valence-electron chi connectivity index (χ1n) is 6.06. The van der Waals surface area contributed by atoms with Gasteiger partial charge in [0.1, 0.15) is 0 Å². The lowest BCUT2D eigenvalue weighted by atomic mass is 10.1. The summed E-state index contributed by atoms with van der Waals surface area (Å²) in [7, 11) is 0. The Bertz CT molecular complexity index is 386. The van der Waals surface area contributed by atoms with Gasteiger partial charge in [-0.3, -0.25) is 0 Å². The van der Waals surface area contributed by atoms with Crippen molar-refractivity contribution in [2.24, 2.45) is 0 Å². The van der Waals surface area contributed by atoms with E-state index < -0.39 is 0 Å². The molecule has 1 aromatic carbocycles. The monoisotopic (exact) mass is 271 g/mol. The van der Waals surface area contributed by atoms with Gasteiger partial charge in [0.15, 0.2) is 0 Å². The van der Waals surface area contributed by atoms with Crippen molar-refractivity contribution in [3.8, 4) is 0 Å². The lowest BCUT2D eigenvalue weighted by molar-refractivity contribution is 0.163. The van der Waals surface area contributed by atoms with E-state index in [4.69, 9.17) is 17.3 Å². The zero-order valence-electron chi connectivity index (χ0n) is 9.73. The molecule has 1 fully saturated rings. The van der Waals surface area contributed by atoms with Crippen LogP contribution in [0.15, 0.2) is 23.1 Å². The molecule has 0 aromatic heterocycles. The first-order chi connectivity index (χ1) is 8.16. The van der Waals surface area contributed by atoms with Gasteiger partial charge in [0, 0.05) is 20.9 Å². The van der Waals surface area contributed by atoms with Crippen molar-refractivity contribution in [2.45, 2.75) is 48.4 Å². The van der Waals surface area contributed by atoms with E-state index in [9.17, 15) is 5.11 Å². The standard InChI is InChI=1S/C13H18ClNOS/c14-9-6-7-12(10(15)8-9)17-13-5-3-1-2-4-11(13)16/h6-8,11,13,16H,1-5,15H2. The minimum Gasteiger partial charge on any atom is -0.398 e. The van der Waals surface area contributed by atoms with Gasteiger partial charge in [-0.05, 0) is 31.0 Å². The van der Waals surface area contributed by atoms with Crippen LogP contribution in [0.2, 0.25) is 5.02 Å². The summed E-state index contributed by atoms with van der Waals surface area (Å²) >= 11 is 7.56. The highest BCUT2D eigenvalue weighted by Crippen LogP contribution is 2.36. The van der Waals surface area contributed by atoms with Gasteiger partial charge in [0.05, 0.1) is 6.10 Å². The molecule has 0 amide bonds. The molecule has 0 aliphatic heterocycles. The van der Waals surface area contributed by atoms with Gasteiger partial charge >= 0.3 is 0 Å². The summed E-state index contributed by atoms with van der Waals surface area (Å²) in [6.07, 6.45) is 5.32. The Labute approximate surface area is 112 Å². The molecule has 2 atom stereocenters. The number of anilines is 1. The normalized spacial score (nSPS) is 25.5. The zero-order valence-corrected chi connectivity index (χ0v) is 11.3. The van der Waals surface area contributed by atoms with Gasteiger partial charge in [0.25, 0.3) is 0 Å². The Morgan fingerprint density at radius 2 is 2.00 bits per heavy atom. The molecule has 1 aromatic rings. The predicted octanol–water partition coefficient (Wildman–Crippen LogP) is 3.71. The van der Waals surface area contributed by atoms with E-state index in [1.165, 1.54) is 12.8 Å². The fraction of sp³-hybridized carbons (Fsp3) is 0.538. The molecule has 0 radical (unpaired) electrons. The van der Waals surface area contributed by atoms with Gasteiger partial charge in [-0.25, -0.2) is 0 Å². The molecule has 1 aliphatic rings. The molecule has 2 nitrogen and oxygen atoms in total. The minimum absolute atomic E-state index is 0.211. The van der Waals surface area contributed by atoms with Crippen LogP contribution in [0.25, 0.3) is 0 Å². The number of halogens is 1. The lowest BCUT2D eigenvalue weighted by Crippen LogP contribution is -2.21. The maximum atomic E-state index is 10.1. The van der Waals surface area contributed by atoms with Crippen molar-refractivity contribution in [3.05, 3.63) is 23.2 Å². The molecule has 3 N–H and O–H groups in total. The van der Waals surface area contributed by atoms with Crippen LogP contribution >= 0.6 is 23.4 Å². The molecule has 2 unspecified atom stereocenters. The maximum Gasteiger partial charge on any atom is 0.0662 e. The van der Waals surface area contributed by atoms with Gasteiger partial charge < -0.3 is 10.8 Å². The molecule has 0 spiro atoms. The zero-order chi connectivity index (χ0) is 12.3. The number of hydrogen-bond acceptors (Lipinski definition) is 3. The van der Waals surface area contributed by atoms with Crippen LogP contribution < -0.4 is 5.73 Å². The molecule has 0 bridgehead atoms. The Morgan fingerprint density at radius 3 is 2.76 bits per heavy atom. The Kier molecular flexibility index (Phi) is 4.60. The SMILES string of the molecule is Nc1cc(Cl)ccc1SC1CCCCCC1O. The molecule has 4 heteroatoms. The van der Waals surface area contributed by atoms with Crippen LogP contribution in [0.5, 0.6) is 0 Å². The maximum absolute atomic E-state index is 10.1. The summed E-state index contributed by atoms with van der Waals surface area (Å²) in [5.74, 6) is 0. The van der Waals surface area contributed by atoms with Gasteiger partial charge in [0.2, 0.25) is 0 Å². The van der Waals surface area contributed by atoms with Crippen molar-refractivity contribution in [2.75, 3.05) is 5.73 Å². The van der Waals surface area contributed by atoms with E-state index in [1.54, 1.807) is 17.8 Å². The first kappa shape index (κ1) is 13.1. The molecular formula is C13H18ClNOS. The van der Waals surface area contributed by atoms with Crippen LogP contribution in [0.4, 0.5) is 5.69 Å². The Morgan fingerprint density at radius 1 is 1.24 bits per heavy atom. The average Bonchev–Trinajstić information content (AvgIpc) is 2.48. The van der Waals surface area contributed by atoms with E-state index >= 15 is 0 Å². The third-order valence-electron chi connectivity index (χ3n) is 3.17. The average molecular weight is 272 g/mol. The van der Waals surface area contributed by atoms with E-state index in [2.05, 4.69) is 0 Å². The molecule has 2 rings (SSSR count). The summed E-state index contributed by atoms with van der Waals surface area (Å²) in [4.78, 5) is 1.03. The van der Waals surface area contributed by atoms with Gasteiger partial charge in [-0.2, -0.15) is 0 Å². The van der Waals surface area contributed by atoms with E-state index in [1.807, 2.05) is 12.1 Å². The Hall–Kier alpha value is -0.380. The second-order valence-corrected chi connectivity index (χ2v) is 6.26. The van der Waals surface area contributed by atoms with Crippen LogP contribution in [-0.2, 0) is 0 Å². The first-order valence-corrected chi connectivity index (χ1v) is 7.32. The number of benzene rings is 1. The van der Waals surface area contributed by atoms with E-state index in [0.29, 0.717) is 10.7 Å². The molecule has 1 saturated carbocycles. The number of thioether (sulfide) groups is 1. The van der Waals surface area contributed by atoms with Crippen LogP contribution in [0.1, 0.15) is 32.1 Å². The fourth-order valence-corrected chi connectivity index (χ4v) is 3.61. The summed E-state index contributed by atoms with van der Waals surface area (Å²) in [6.45, 7) is 0. The van der Waals surface area contributed by atoms with Crippen molar-refractivity contribution in [1.29, 1.82) is 0 Å².